The number of benzene rings is 2. The third-order valence-electron chi connectivity index (χ3n) is 5.53. The minimum atomic E-state index is -0.442. The van der Waals surface area contributed by atoms with Crippen LogP contribution >= 0.6 is 0 Å². The van der Waals surface area contributed by atoms with Crippen molar-refractivity contribution in [3.8, 4) is 0 Å². The maximum Gasteiger partial charge on any atom is 0.227 e. The lowest BCUT2D eigenvalue weighted by molar-refractivity contribution is -0.126. The predicted molar refractivity (Wildman–Crippen MR) is 107 cm³/mol. The maximum absolute atomic E-state index is 13.9. The Bertz CT molecular complexity index is 886. The Morgan fingerprint density at radius 3 is 2.68 bits per heavy atom. The maximum atomic E-state index is 13.9. The van der Waals surface area contributed by atoms with Crippen LogP contribution in [0.4, 0.5) is 15.8 Å². The van der Waals surface area contributed by atoms with Gasteiger partial charge in [-0.1, -0.05) is 30.3 Å². The van der Waals surface area contributed by atoms with Gasteiger partial charge in [0.15, 0.2) is 0 Å². The first kappa shape index (κ1) is 18.5. The number of nitrogens with one attached hydrogen (secondary N) is 1. The molecule has 1 unspecified atom stereocenters. The number of carbonyl (C=O) groups excluding carboxylic acids is 2. The van der Waals surface area contributed by atoms with Gasteiger partial charge in [0.1, 0.15) is 5.82 Å². The number of amides is 2. The number of rotatable bonds is 6. The molecule has 2 aromatic rings. The number of para-hydroxylation sites is 2. The van der Waals surface area contributed by atoms with Crippen LogP contribution in [0.3, 0.4) is 0 Å². The van der Waals surface area contributed by atoms with Gasteiger partial charge in [0.2, 0.25) is 11.8 Å². The van der Waals surface area contributed by atoms with E-state index in [-0.39, 0.29) is 30.5 Å². The van der Waals surface area contributed by atoms with E-state index in [0.29, 0.717) is 6.54 Å². The minimum Gasteiger partial charge on any atom is -0.371 e. The average Bonchev–Trinajstić information content (AvgIpc) is 3.29. The fourth-order valence-electron chi connectivity index (χ4n) is 4.05. The molecule has 2 heterocycles. The Morgan fingerprint density at radius 1 is 1.11 bits per heavy atom. The monoisotopic (exact) mass is 381 g/mol. The van der Waals surface area contributed by atoms with Crippen LogP contribution in [0.2, 0.25) is 0 Å². The van der Waals surface area contributed by atoms with Crippen molar-refractivity contribution in [3.05, 3.63) is 59.9 Å². The molecule has 0 radical (unpaired) electrons. The van der Waals surface area contributed by atoms with Crippen molar-refractivity contribution in [3.63, 3.8) is 0 Å². The van der Waals surface area contributed by atoms with Crippen molar-refractivity contribution < 1.29 is 14.0 Å². The smallest absolute Gasteiger partial charge is 0.227 e. The predicted octanol–water partition coefficient (Wildman–Crippen LogP) is 2.75. The van der Waals surface area contributed by atoms with Crippen LogP contribution in [-0.4, -0.2) is 38.0 Å². The Labute approximate surface area is 164 Å². The fourth-order valence-corrected chi connectivity index (χ4v) is 4.05. The molecule has 1 saturated heterocycles. The van der Waals surface area contributed by atoms with E-state index in [1.54, 1.807) is 18.2 Å². The fraction of sp³-hybridized carbons (Fsp3) is 0.364. The molecule has 2 aliphatic heterocycles. The summed E-state index contributed by atoms with van der Waals surface area (Å²) in [6, 6.07) is 14.6. The lowest BCUT2D eigenvalue weighted by Gasteiger charge is -2.20. The van der Waals surface area contributed by atoms with Crippen molar-refractivity contribution in [2.24, 2.45) is 5.92 Å². The van der Waals surface area contributed by atoms with Gasteiger partial charge in [-0.05, 0) is 36.6 Å². The molecule has 1 atom stereocenters. The second kappa shape index (κ2) is 8.00. The molecule has 146 valence electrons. The van der Waals surface area contributed by atoms with Gasteiger partial charge in [0.25, 0.3) is 0 Å². The van der Waals surface area contributed by atoms with Crippen molar-refractivity contribution in [1.29, 1.82) is 0 Å². The van der Waals surface area contributed by atoms with E-state index in [4.69, 9.17) is 0 Å². The van der Waals surface area contributed by atoms with Gasteiger partial charge >= 0.3 is 0 Å². The highest BCUT2D eigenvalue weighted by Gasteiger charge is 2.35. The number of carbonyl (C=O) groups is 2. The molecule has 28 heavy (non-hydrogen) atoms. The SMILES string of the molecule is O=C(NCCCN1CCc2ccccc21)C1CC(=O)N(c2ccccc2F)C1. The largest absolute Gasteiger partial charge is 0.371 e. The van der Waals surface area contributed by atoms with E-state index in [1.165, 1.54) is 22.2 Å². The molecule has 0 saturated carbocycles. The Kier molecular flexibility index (Phi) is 5.28. The van der Waals surface area contributed by atoms with Gasteiger partial charge < -0.3 is 15.1 Å². The van der Waals surface area contributed by atoms with Crippen LogP contribution in [0, 0.1) is 11.7 Å². The highest BCUT2D eigenvalue weighted by Crippen LogP contribution is 2.28. The summed E-state index contributed by atoms with van der Waals surface area (Å²) in [7, 11) is 0. The second-order valence-corrected chi connectivity index (χ2v) is 7.37. The van der Waals surface area contributed by atoms with Gasteiger partial charge in [-0.25, -0.2) is 4.39 Å². The Balaban J connectivity index is 1.25. The molecular weight excluding hydrogens is 357 g/mol. The number of halogens is 1. The molecule has 5 nitrogen and oxygen atoms in total. The van der Waals surface area contributed by atoms with Gasteiger partial charge in [-0.15, -0.1) is 0 Å². The molecule has 0 bridgehead atoms. The van der Waals surface area contributed by atoms with E-state index in [1.807, 2.05) is 0 Å². The topological polar surface area (TPSA) is 52.7 Å². The number of hydrogen-bond acceptors (Lipinski definition) is 3. The van der Waals surface area contributed by atoms with Crippen molar-refractivity contribution >= 4 is 23.2 Å². The summed E-state index contributed by atoms with van der Waals surface area (Å²) in [6.07, 6.45) is 2.04. The zero-order valence-corrected chi connectivity index (χ0v) is 15.7. The minimum absolute atomic E-state index is 0.125. The molecular formula is C22H24FN3O2. The van der Waals surface area contributed by atoms with Crippen LogP contribution in [0.25, 0.3) is 0 Å². The van der Waals surface area contributed by atoms with E-state index in [9.17, 15) is 14.0 Å². The van der Waals surface area contributed by atoms with Crippen LogP contribution in [0.15, 0.2) is 48.5 Å². The molecule has 2 aliphatic rings. The van der Waals surface area contributed by atoms with Gasteiger partial charge in [0, 0.05) is 38.3 Å². The molecule has 6 heteroatoms. The molecule has 0 spiro atoms. The molecule has 1 fully saturated rings. The quantitative estimate of drug-likeness (QED) is 0.783. The molecule has 0 aromatic heterocycles. The van der Waals surface area contributed by atoms with Crippen molar-refractivity contribution in [1.82, 2.24) is 5.32 Å². The molecule has 1 N–H and O–H groups in total. The standard InChI is InChI=1S/C22H24FN3O2/c23-18-7-2-4-9-20(18)26-15-17(14-21(26)27)22(28)24-11-5-12-25-13-10-16-6-1-3-8-19(16)25/h1-4,6-9,17H,5,10-15H2,(H,24,28). The van der Waals surface area contributed by atoms with Crippen LogP contribution in [0.5, 0.6) is 0 Å². The molecule has 2 aromatic carbocycles. The zero-order chi connectivity index (χ0) is 19.5. The highest BCUT2D eigenvalue weighted by molar-refractivity contribution is 6.00. The third kappa shape index (κ3) is 3.72. The molecule has 2 amide bonds. The molecule has 4 rings (SSSR count). The lowest BCUT2D eigenvalue weighted by atomic mass is 10.1. The van der Waals surface area contributed by atoms with E-state index in [0.717, 1.165) is 25.9 Å². The first-order valence-corrected chi connectivity index (χ1v) is 9.79. The van der Waals surface area contributed by atoms with Crippen LogP contribution < -0.4 is 15.1 Å². The highest BCUT2D eigenvalue weighted by atomic mass is 19.1. The van der Waals surface area contributed by atoms with Gasteiger partial charge in [0.05, 0.1) is 11.6 Å². The number of nitrogens with zero attached hydrogens (tertiary/aromatic N) is 2. The second-order valence-electron chi connectivity index (χ2n) is 7.37. The number of anilines is 2. The zero-order valence-electron chi connectivity index (χ0n) is 15.7. The van der Waals surface area contributed by atoms with Gasteiger partial charge in [-0.3, -0.25) is 9.59 Å². The lowest BCUT2D eigenvalue weighted by Crippen LogP contribution is -2.35. The Hall–Kier alpha value is -2.89. The first-order valence-electron chi connectivity index (χ1n) is 9.79. The van der Waals surface area contributed by atoms with Crippen molar-refractivity contribution in [2.75, 3.05) is 36.0 Å². The van der Waals surface area contributed by atoms with Crippen molar-refractivity contribution in [2.45, 2.75) is 19.3 Å². The van der Waals surface area contributed by atoms with Gasteiger partial charge in [-0.2, -0.15) is 0 Å². The summed E-state index contributed by atoms with van der Waals surface area (Å²) in [6.45, 7) is 2.71. The number of hydrogen-bond donors (Lipinski definition) is 1. The summed E-state index contributed by atoms with van der Waals surface area (Å²) >= 11 is 0. The van der Waals surface area contributed by atoms with Crippen LogP contribution in [0.1, 0.15) is 18.4 Å². The normalized spacial score (nSPS) is 18.5. The van der Waals surface area contributed by atoms with E-state index >= 15 is 0 Å². The first-order chi connectivity index (χ1) is 13.6. The third-order valence-corrected chi connectivity index (χ3v) is 5.53. The molecule has 0 aliphatic carbocycles. The van der Waals surface area contributed by atoms with Crippen LogP contribution in [-0.2, 0) is 16.0 Å². The Morgan fingerprint density at radius 2 is 1.86 bits per heavy atom. The average molecular weight is 381 g/mol. The summed E-state index contributed by atoms with van der Waals surface area (Å²) in [5.74, 6) is -1.21. The summed E-state index contributed by atoms with van der Waals surface area (Å²) in [5, 5.41) is 2.94. The summed E-state index contributed by atoms with van der Waals surface area (Å²) < 4.78 is 13.9. The number of fused-ring (bicyclic) bond motifs is 1. The summed E-state index contributed by atoms with van der Waals surface area (Å²) in [5.41, 5.74) is 2.91. The van der Waals surface area contributed by atoms with E-state index < -0.39 is 11.7 Å². The summed E-state index contributed by atoms with van der Waals surface area (Å²) in [4.78, 5) is 28.4. The van der Waals surface area contributed by atoms with E-state index in [2.05, 4.69) is 34.5 Å².